The molecule has 0 amide bonds. The largest absolute Gasteiger partial charge is 0.487 e. The van der Waals surface area contributed by atoms with E-state index in [0.29, 0.717) is 16.3 Å². The average molecular weight is 357 g/mol. The van der Waals surface area contributed by atoms with E-state index in [0.717, 1.165) is 0 Å². The van der Waals surface area contributed by atoms with Crippen LogP contribution in [0.4, 0.5) is 0 Å². The van der Waals surface area contributed by atoms with Gasteiger partial charge in [-0.1, -0.05) is 41.9 Å². The first-order valence-electron chi connectivity index (χ1n) is 7.35. The van der Waals surface area contributed by atoms with Crippen molar-refractivity contribution in [1.82, 2.24) is 9.97 Å². The van der Waals surface area contributed by atoms with Crippen molar-refractivity contribution in [3.8, 4) is 16.9 Å². The molecule has 0 aliphatic carbocycles. The van der Waals surface area contributed by atoms with E-state index >= 15 is 0 Å². The number of aromatic nitrogens is 2. The van der Waals surface area contributed by atoms with Crippen LogP contribution in [-0.4, -0.2) is 21.0 Å². The van der Waals surface area contributed by atoms with E-state index in [4.69, 9.17) is 21.4 Å². The van der Waals surface area contributed by atoms with Crippen LogP contribution in [-0.2, 0) is 6.61 Å². The van der Waals surface area contributed by atoms with Crippen molar-refractivity contribution in [1.29, 1.82) is 0 Å². The van der Waals surface area contributed by atoms with Gasteiger partial charge in [-0.25, -0.2) is 9.78 Å². The Bertz CT molecular complexity index is 953. The second-order valence-electron chi connectivity index (χ2n) is 5.15. The molecule has 0 aliphatic rings. The number of aromatic carboxylic acids is 1. The standard InChI is InChI=1S/C18H13ClN2O4/c19-12-8-6-11(7-9-12)15-14(10-25-13-4-2-1-3-5-13)20-16(18(23)24)21-17(15)22/h1-9H,10H2,(H,23,24)(H,20,21,22). The van der Waals surface area contributed by atoms with Gasteiger partial charge in [0.15, 0.2) is 0 Å². The molecule has 3 aromatic rings. The van der Waals surface area contributed by atoms with Crippen molar-refractivity contribution in [3.05, 3.63) is 81.5 Å². The number of rotatable bonds is 5. The molecule has 0 radical (unpaired) electrons. The van der Waals surface area contributed by atoms with Gasteiger partial charge in [0.1, 0.15) is 12.4 Å². The molecule has 0 atom stereocenters. The lowest BCUT2D eigenvalue weighted by Crippen LogP contribution is -2.21. The normalized spacial score (nSPS) is 10.4. The molecule has 126 valence electrons. The van der Waals surface area contributed by atoms with Gasteiger partial charge in [-0.05, 0) is 29.8 Å². The number of nitrogens with one attached hydrogen (secondary N) is 1. The molecule has 1 aromatic heterocycles. The van der Waals surface area contributed by atoms with Crippen LogP contribution in [0.3, 0.4) is 0 Å². The second kappa shape index (κ2) is 7.19. The van der Waals surface area contributed by atoms with Crippen LogP contribution in [0.15, 0.2) is 59.4 Å². The van der Waals surface area contributed by atoms with Crippen LogP contribution in [0.5, 0.6) is 5.75 Å². The Hall–Kier alpha value is -3.12. The molecule has 6 nitrogen and oxygen atoms in total. The van der Waals surface area contributed by atoms with Gasteiger partial charge in [0, 0.05) is 5.02 Å². The predicted octanol–water partition coefficient (Wildman–Crippen LogP) is 3.37. The van der Waals surface area contributed by atoms with Gasteiger partial charge in [0.2, 0.25) is 5.82 Å². The minimum atomic E-state index is -1.32. The molecule has 0 bridgehead atoms. The number of para-hydroxylation sites is 1. The molecule has 2 aromatic carbocycles. The van der Waals surface area contributed by atoms with Crippen molar-refractivity contribution in [3.63, 3.8) is 0 Å². The highest BCUT2D eigenvalue weighted by molar-refractivity contribution is 6.30. The number of carboxylic acid groups (broad SMARTS) is 1. The zero-order valence-electron chi connectivity index (χ0n) is 12.9. The lowest BCUT2D eigenvalue weighted by Gasteiger charge is -2.11. The number of H-pyrrole nitrogens is 1. The Labute approximate surface area is 147 Å². The number of carbonyl (C=O) groups is 1. The molecule has 0 saturated heterocycles. The number of nitrogens with zero attached hydrogens (tertiary/aromatic N) is 1. The van der Waals surface area contributed by atoms with Crippen molar-refractivity contribution in [2.75, 3.05) is 0 Å². The number of ether oxygens (including phenoxy) is 1. The lowest BCUT2D eigenvalue weighted by molar-refractivity contribution is 0.0682. The summed E-state index contributed by atoms with van der Waals surface area (Å²) in [5.74, 6) is -1.17. The SMILES string of the molecule is O=C(O)c1nc(COc2ccccc2)c(-c2ccc(Cl)cc2)c(=O)[nH]1. The molecule has 0 aliphatic heterocycles. The fourth-order valence-electron chi connectivity index (χ4n) is 2.31. The molecule has 3 rings (SSSR count). The molecule has 25 heavy (non-hydrogen) atoms. The van der Waals surface area contributed by atoms with Crippen LogP contribution in [0.1, 0.15) is 16.3 Å². The van der Waals surface area contributed by atoms with E-state index in [1.807, 2.05) is 18.2 Å². The van der Waals surface area contributed by atoms with E-state index in [1.165, 1.54) is 0 Å². The van der Waals surface area contributed by atoms with Crippen LogP contribution in [0.25, 0.3) is 11.1 Å². The first-order valence-corrected chi connectivity index (χ1v) is 7.72. The van der Waals surface area contributed by atoms with Gasteiger partial charge in [-0.2, -0.15) is 0 Å². The van der Waals surface area contributed by atoms with Crippen LogP contribution in [0.2, 0.25) is 5.02 Å². The number of halogens is 1. The van der Waals surface area contributed by atoms with E-state index in [-0.39, 0.29) is 17.9 Å². The third kappa shape index (κ3) is 3.87. The minimum Gasteiger partial charge on any atom is -0.487 e. The maximum Gasteiger partial charge on any atom is 0.372 e. The molecule has 0 unspecified atom stereocenters. The maximum absolute atomic E-state index is 12.4. The molecule has 2 N–H and O–H groups in total. The van der Waals surface area contributed by atoms with Gasteiger partial charge >= 0.3 is 5.97 Å². The molecule has 0 saturated carbocycles. The quantitative estimate of drug-likeness (QED) is 0.731. The summed E-state index contributed by atoms with van der Waals surface area (Å²) in [5, 5.41) is 9.65. The fourth-order valence-corrected chi connectivity index (χ4v) is 2.43. The average Bonchev–Trinajstić information content (AvgIpc) is 2.61. The Morgan fingerprint density at radius 2 is 1.80 bits per heavy atom. The third-order valence-electron chi connectivity index (χ3n) is 3.45. The van der Waals surface area contributed by atoms with Crippen molar-refractivity contribution in [2.24, 2.45) is 0 Å². The second-order valence-corrected chi connectivity index (χ2v) is 5.59. The number of aromatic amines is 1. The summed E-state index contributed by atoms with van der Waals surface area (Å²) in [7, 11) is 0. The summed E-state index contributed by atoms with van der Waals surface area (Å²) in [6, 6.07) is 15.6. The lowest BCUT2D eigenvalue weighted by atomic mass is 10.1. The summed E-state index contributed by atoms with van der Waals surface area (Å²) >= 11 is 5.88. The minimum absolute atomic E-state index is 0.0494. The number of hydrogen-bond acceptors (Lipinski definition) is 4. The number of hydrogen-bond donors (Lipinski definition) is 2. The highest BCUT2D eigenvalue weighted by Gasteiger charge is 2.17. The van der Waals surface area contributed by atoms with E-state index < -0.39 is 17.4 Å². The predicted molar refractivity (Wildman–Crippen MR) is 93.0 cm³/mol. The Kier molecular flexibility index (Phi) is 4.81. The zero-order valence-corrected chi connectivity index (χ0v) is 13.7. The van der Waals surface area contributed by atoms with Gasteiger partial charge in [0.25, 0.3) is 5.56 Å². The third-order valence-corrected chi connectivity index (χ3v) is 3.70. The summed E-state index contributed by atoms with van der Waals surface area (Å²) in [4.78, 5) is 29.9. The summed E-state index contributed by atoms with van der Waals surface area (Å²) in [6.07, 6.45) is 0. The Morgan fingerprint density at radius 1 is 1.12 bits per heavy atom. The van der Waals surface area contributed by atoms with Gasteiger partial charge in [-0.15, -0.1) is 0 Å². The number of benzene rings is 2. The maximum atomic E-state index is 12.4. The monoisotopic (exact) mass is 356 g/mol. The van der Waals surface area contributed by atoms with Crippen molar-refractivity contribution in [2.45, 2.75) is 6.61 Å². The zero-order chi connectivity index (χ0) is 17.8. The molecule has 1 heterocycles. The smallest absolute Gasteiger partial charge is 0.372 e. The first-order chi connectivity index (χ1) is 12.0. The molecular weight excluding hydrogens is 344 g/mol. The van der Waals surface area contributed by atoms with Crippen molar-refractivity contribution < 1.29 is 14.6 Å². The Morgan fingerprint density at radius 3 is 2.44 bits per heavy atom. The van der Waals surface area contributed by atoms with E-state index in [1.54, 1.807) is 36.4 Å². The van der Waals surface area contributed by atoms with Gasteiger partial charge in [0.05, 0.1) is 11.3 Å². The molecule has 7 heteroatoms. The highest BCUT2D eigenvalue weighted by atomic mass is 35.5. The molecule has 0 fully saturated rings. The topological polar surface area (TPSA) is 92.3 Å². The highest BCUT2D eigenvalue weighted by Crippen LogP contribution is 2.22. The van der Waals surface area contributed by atoms with Gasteiger partial charge in [-0.3, -0.25) is 4.79 Å². The first kappa shape index (κ1) is 16.7. The summed E-state index contributed by atoms with van der Waals surface area (Å²) in [6.45, 7) is -0.0494. The van der Waals surface area contributed by atoms with Crippen molar-refractivity contribution >= 4 is 17.6 Å². The fraction of sp³-hybridized carbons (Fsp3) is 0.0556. The summed E-state index contributed by atoms with van der Waals surface area (Å²) in [5.41, 5.74) is 0.494. The van der Waals surface area contributed by atoms with Gasteiger partial charge < -0.3 is 14.8 Å². The van der Waals surface area contributed by atoms with Crippen LogP contribution < -0.4 is 10.3 Å². The summed E-state index contributed by atoms with van der Waals surface area (Å²) < 4.78 is 5.63. The van der Waals surface area contributed by atoms with E-state index in [2.05, 4.69) is 9.97 Å². The van der Waals surface area contributed by atoms with Crippen LogP contribution >= 0.6 is 11.6 Å². The Balaban J connectivity index is 2.04. The number of carboxylic acids is 1. The van der Waals surface area contributed by atoms with Crippen LogP contribution in [0, 0.1) is 0 Å². The molecular formula is C18H13ClN2O4. The molecule has 0 spiro atoms. The van der Waals surface area contributed by atoms with E-state index in [9.17, 15) is 9.59 Å².